The molecule has 4 aromatic rings. The molecule has 3 aromatic heterocycles. The summed E-state index contributed by atoms with van der Waals surface area (Å²) < 4.78 is 2.81. The number of halogens is 2. The van der Waals surface area contributed by atoms with Gasteiger partial charge in [0.2, 0.25) is 5.95 Å². The third kappa shape index (κ3) is 5.45. The van der Waals surface area contributed by atoms with Crippen molar-refractivity contribution in [1.82, 2.24) is 29.5 Å². The van der Waals surface area contributed by atoms with Gasteiger partial charge in [-0.3, -0.25) is 14.5 Å². The van der Waals surface area contributed by atoms with Crippen LogP contribution in [0.5, 0.6) is 0 Å². The van der Waals surface area contributed by atoms with E-state index in [4.69, 9.17) is 28.0 Å². The molecule has 2 N–H and O–H groups in total. The summed E-state index contributed by atoms with van der Waals surface area (Å²) in [5.41, 5.74) is 1.60. The Labute approximate surface area is 235 Å². The Morgan fingerprint density at radius 1 is 1.18 bits per heavy atom. The minimum Gasteiger partial charge on any atom is -0.412 e. The molecule has 0 radical (unpaired) electrons. The second-order valence-corrected chi connectivity index (χ2v) is 10.4. The van der Waals surface area contributed by atoms with Gasteiger partial charge in [-0.2, -0.15) is 4.98 Å². The van der Waals surface area contributed by atoms with Crippen LogP contribution in [0.4, 0.5) is 11.6 Å². The summed E-state index contributed by atoms with van der Waals surface area (Å²) in [6, 6.07) is 8.69. The summed E-state index contributed by atoms with van der Waals surface area (Å²) in [5, 5.41) is 7.38. The predicted molar refractivity (Wildman–Crippen MR) is 153 cm³/mol. The maximum absolute atomic E-state index is 13.3. The molecule has 0 bridgehead atoms. The second-order valence-electron chi connectivity index (χ2n) is 9.56. The Morgan fingerprint density at radius 3 is 2.59 bits per heavy atom. The smallest absolute Gasteiger partial charge is 0.293 e. The van der Waals surface area contributed by atoms with E-state index in [9.17, 15) is 9.59 Å². The number of hydrogen-bond donors (Lipinski definition) is 2. The molecule has 1 fully saturated rings. The average molecular weight is 570 g/mol. The molecule has 4 heterocycles. The van der Waals surface area contributed by atoms with Gasteiger partial charge >= 0.3 is 0 Å². The Morgan fingerprint density at radius 2 is 1.90 bits per heavy atom. The highest BCUT2D eigenvalue weighted by Crippen LogP contribution is 2.33. The van der Waals surface area contributed by atoms with Crippen molar-refractivity contribution < 1.29 is 9.63 Å². The first kappa shape index (κ1) is 27.0. The van der Waals surface area contributed by atoms with Crippen LogP contribution in [0.1, 0.15) is 30.3 Å². The van der Waals surface area contributed by atoms with Gasteiger partial charge in [0.15, 0.2) is 5.65 Å². The molecule has 1 aromatic carbocycles. The van der Waals surface area contributed by atoms with Crippen molar-refractivity contribution in [3.8, 4) is 11.1 Å². The van der Waals surface area contributed by atoms with Crippen molar-refractivity contribution in [2.75, 3.05) is 32.1 Å². The summed E-state index contributed by atoms with van der Waals surface area (Å²) >= 11 is 12.7. The third-order valence-corrected chi connectivity index (χ3v) is 7.56. The summed E-state index contributed by atoms with van der Waals surface area (Å²) in [4.78, 5) is 42.8. The van der Waals surface area contributed by atoms with Crippen molar-refractivity contribution in [3.05, 3.63) is 68.8 Å². The molecule has 1 saturated heterocycles. The number of carbonyl (C=O) groups excluding carboxylic acids is 1. The molecular weight excluding hydrogens is 541 g/mol. The minimum atomic E-state index is -0.466. The lowest BCUT2D eigenvalue weighted by Crippen LogP contribution is -2.41. The van der Waals surface area contributed by atoms with Gasteiger partial charge < -0.3 is 20.0 Å². The van der Waals surface area contributed by atoms with Crippen molar-refractivity contribution >= 4 is 51.8 Å². The van der Waals surface area contributed by atoms with Crippen LogP contribution >= 0.6 is 23.2 Å². The van der Waals surface area contributed by atoms with Crippen molar-refractivity contribution in [3.63, 3.8) is 0 Å². The molecule has 1 unspecified atom stereocenters. The molecule has 1 atom stereocenters. The number of benzene rings is 1. The quantitative estimate of drug-likeness (QED) is 0.328. The number of nitrogens with one attached hydrogen (secondary N) is 2. The average Bonchev–Trinajstić information content (AvgIpc) is 3.58. The van der Waals surface area contributed by atoms with Gasteiger partial charge in [0.1, 0.15) is 12.8 Å². The molecule has 0 saturated carbocycles. The summed E-state index contributed by atoms with van der Waals surface area (Å²) in [6.07, 6.45) is 5.77. The number of nitrogens with zero attached hydrogens (tertiary/aromatic N) is 5. The maximum atomic E-state index is 13.3. The van der Waals surface area contributed by atoms with E-state index in [1.807, 2.05) is 0 Å². The minimum absolute atomic E-state index is 0.157. The van der Waals surface area contributed by atoms with Crippen LogP contribution in [0.15, 0.2) is 47.5 Å². The van der Waals surface area contributed by atoms with Crippen LogP contribution in [-0.4, -0.2) is 62.9 Å². The zero-order valence-electron chi connectivity index (χ0n) is 21.9. The van der Waals surface area contributed by atoms with E-state index in [2.05, 4.69) is 32.4 Å². The van der Waals surface area contributed by atoms with Crippen molar-refractivity contribution in [2.24, 2.45) is 7.05 Å². The Bertz CT molecular complexity index is 1570. The lowest BCUT2D eigenvalue weighted by atomic mass is 10.1. The van der Waals surface area contributed by atoms with Crippen LogP contribution in [0.2, 0.25) is 10.0 Å². The molecule has 0 spiro atoms. The first-order chi connectivity index (χ1) is 18.8. The van der Waals surface area contributed by atoms with E-state index in [1.54, 1.807) is 54.3 Å². The molecule has 1 aliphatic rings. The lowest BCUT2D eigenvalue weighted by molar-refractivity contribution is 0.0932. The van der Waals surface area contributed by atoms with Gasteiger partial charge in [0, 0.05) is 43.0 Å². The number of anilines is 2. The molecule has 5 rings (SSSR count). The van der Waals surface area contributed by atoms with E-state index < -0.39 is 5.56 Å². The second kappa shape index (κ2) is 11.3. The lowest BCUT2D eigenvalue weighted by Gasteiger charge is -2.23. The standard InChI is InChI=1S/C27H29Cl2N7O3/c1-16(35-9-4-5-10-35)13-30-25(37)22-12-18(15-34(22)2)32-27-31-14-17-11-19(23-20(28)7-6-8-21(23)29)26(38)36(39-3)24(17)33-27/h6-8,11-12,14-16H,4-5,9-10,13H2,1-3H3,(H,30,37)(H,31,32,33). The summed E-state index contributed by atoms with van der Waals surface area (Å²) in [6.45, 7) is 4.86. The van der Waals surface area contributed by atoms with Crippen LogP contribution in [0, 0.1) is 0 Å². The normalized spacial score (nSPS) is 14.5. The molecule has 39 heavy (non-hydrogen) atoms. The number of rotatable bonds is 8. The Kier molecular flexibility index (Phi) is 7.79. The van der Waals surface area contributed by atoms with Crippen molar-refractivity contribution in [1.29, 1.82) is 0 Å². The predicted octanol–water partition coefficient (Wildman–Crippen LogP) is 4.12. The third-order valence-electron chi connectivity index (χ3n) is 6.93. The van der Waals surface area contributed by atoms with E-state index in [0.717, 1.165) is 17.8 Å². The number of amides is 1. The number of aromatic nitrogens is 4. The van der Waals surface area contributed by atoms with Crippen LogP contribution in [0.25, 0.3) is 22.2 Å². The highest BCUT2D eigenvalue weighted by atomic mass is 35.5. The molecule has 10 nitrogen and oxygen atoms in total. The number of carbonyl (C=O) groups is 1. The van der Waals surface area contributed by atoms with Gasteiger partial charge in [0.05, 0.1) is 21.3 Å². The zero-order chi connectivity index (χ0) is 27.7. The van der Waals surface area contributed by atoms with Gasteiger partial charge in [-0.05, 0) is 57.1 Å². The Balaban J connectivity index is 1.38. The molecule has 0 aliphatic carbocycles. The monoisotopic (exact) mass is 569 g/mol. The first-order valence-electron chi connectivity index (χ1n) is 12.6. The van der Waals surface area contributed by atoms with E-state index in [-0.39, 0.29) is 29.1 Å². The van der Waals surface area contributed by atoms with Gasteiger partial charge in [-0.25, -0.2) is 4.98 Å². The molecule has 1 amide bonds. The SMILES string of the molecule is COn1c(=O)c(-c2c(Cl)cccc2Cl)cc2cnc(Nc3cc(C(=O)NCC(C)N4CCCC4)n(C)c3)nc21. The maximum Gasteiger partial charge on any atom is 0.293 e. The first-order valence-corrected chi connectivity index (χ1v) is 13.4. The van der Waals surface area contributed by atoms with Crippen molar-refractivity contribution in [2.45, 2.75) is 25.8 Å². The number of pyridine rings is 1. The Hall–Kier alpha value is -3.60. The van der Waals surface area contributed by atoms with Gasteiger partial charge in [0.25, 0.3) is 11.5 Å². The highest BCUT2D eigenvalue weighted by molar-refractivity contribution is 6.39. The number of hydrogen-bond acceptors (Lipinski definition) is 7. The van der Waals surface area contributed by atoms with E-state index in [1.165, 1.54) is 20.0 Å². The fraction of sp³-hybridized carbons (Fsp3) is 0.333. The number of fused-ring (bicyclic) bond motifs is 1. The zero-order valence-corrected chi connectivity index (χ0v) is 23.4. The molecule has 204 valence electrons. The fourth-order valence-electron chi connectivity index (χ4n) is 4.86. The topological polar surface area (TPSA) is 106 Å². The molecular formula is C27H29Cl2N7O3. The van der Waals surface area contributed by atoms with Crippen LogP contribution in [0.3, 0.4) is 0 Å². The number of aryl methyl sites for hydroxylation is 1. The van der Waals surface area contributed by atoms with E-state index >= 15 is 0 Å². The summed E-state index contributed by atoms with van der Waals surface area (Å²) in [7, 11) is 3.18. The van der Waals surface area contributed by atoms with Gasteiger partial charge in [-0.1, -0.05) is 29.3 Å². The van der Waals surface area contributed by atoms with Crippen LogP contribution < -0.4 is 21.0 Å². The molecule has 1 aliphatic heterocycles. The van der Waals surface area contributed by atoms with Gasteiger partial charge in [-0.15, -0.1) is 4.73 Å². The van der Waals surface area contributed by atoms with Crippen LogP contribution in [-0.2, 0) is 7.05 Å². The highest BCUT2D eigenvalue weighted by Gasteiger charge is 2.21. The number of likely N-dealkylation sites (tertiary alicyclic amines) is 1. The largest absolute Gasteiger partial charge is 0.412 e. The summed E-state index contributed by atoms with van der Waals surface area (Å²) in [5.74, 6) is 0.0754. The van der Waals surface area contributed by atoms with E-state index in [0.29, 0.717) is 38.9 Å². The fourth-order valence-corrected chi connectivity index (χ4v) is 5.46. The molecule has 12 heteroatoms.